The van der Waals surface area contributed by atoms with E-state index >= 15 is 0 Å². The lowest BCUT2D eigenvalue weighted by Crippen LogP contribution is -2.29. The van der Waals surface area contributed by atoms with E-state index in [4.69, 9.17) is 0 Å². The molecule has 112 valence electrons. The summed E-state index contributed by atoms with van der Waals surface area (Å²) < 4.78 is 28.8. The summed E-state index contributed by atoms with van der Waals surface area (Å²) in [7, 11) is 0. The van der Waals surface area contributed by atoms with Crippen molar-refractivity contribution in [1.29, 1.82) is 0 Å². The van der Waals surface area contributed by atoms with Crippen molar-refractivity contribution >= 4 is 15.9 Å². The molecular formula is C16H22BrF2N. The van der Waals surface area contributed by atoms with Gasteiger partial charge in [0.05, 0.1) is 4.47 Å². The third-order valence-electron chi connectivity index (χ3n) is 4.45. The van der Waals surface area contributed by atoms with E-state index < -0.39 is 11.6 Å². The van der Waals surface area contributed by atoms with Gasteiger partial charge in [-0.25, -0.2) is 8.78 Å². The minimum atomic E-state index is -0.462. The highest BCUT2D eigenvalue weighted by Crippen LogP contribution is 2.42. The summed E-state index contributed by atoms with van der Waals surface area (Å²) in [5.41, 5.74) is 0.197. The van der Waals surface area contributed by atoms with Gasteiger partial charge in [0.1, 0.15) is 11.6 Å². The molecule has 1 nitrogen and oxygen atoms in total. The Bertz CT molecular complexity index is 464. The standard InChI is InChI=1S/C16H22BrF2N/c1-3-10-5-6-11(9-10)16(20-4-2)14-13(18)8-7-12(17)15(14)19/h7-8,10-11,16,20H,3-6,9H2,1-2H3. The van der Waals surface area contributed by atoms with E-state index in [1.54, 1.807) is 0 Å². The van der Waals surface area contributed by atoms with Crippen LogP contribution in [0.3, 0.4) is 0 Å². The number of hydrogen-bond donors (Lipinski definition) is 1. The fourth-order valence-corrected chi connectivity index (χ4v) is 3.69. The molecule has 1 aliphatic carbocycles. The summed E-state index contributed by atoms with van der Waals surface area (Å²) in [6.07, 6.45) is 4.42. The van der Waals surface area contributed by atoms with Crippen LogP contribution in [0.2, 0.25) is 0 Å². The molecule has 0 spiro atoms. The highest BCUT2D eigenvalue weighted by Gasteiger charge is 2.33. The Morgan fingerprint density at radius 2 is 2.05 bits per heavy atom. The number of rotatable bonds is 5. The molecule has 4 heteroatoms. The van der Waals surface area contributed by atoms with Crippen molar-refractivity contribution < 1.29 is 8.78 Å². The van der Waals surface area contributed by atoms with Gasteiger partial charge in [-0.3, -0.25) is 0 Å². The number of halogens is 3. The largest absolute Gasteiger partial charge is 0.310 e. The van der Waals surface area contributed by atoms with Crippen LogP contribution in [0.4, 0.5) is 8.78 Å². The monoisotopic (exact) mass is 345 g/mol. The zero-order chi connectivity index (χ0) is 14.7. The lowest BCUT2D eigenvalue weighted by molar-refractivity contribution is 0.338. The molecule has 0 aliphatic heterocycles. The maximum absolute atomic E-state index is 14.3. The Kier molecular flexibility index (Phi) is 5.56. The Morgan fingerprint density at radius 1 is 1.30 bits per heavy atom. The predicted molar refractivity (Wildman–Crippen MR) is 81.6 cm³/mol. The van der Waals surface area contributed by atoms with E-state index in [0.717, 1.165) is 19.3 Å². The van der Waals surface area contributed by atoms with E-state index in [2.05, 4.69) is 28.2 Å². The van der Waals surface area contributed by atoms with Gasteiger partial charge in [0.25, 0.3) is 0 Å². The van der Waals surface area contributed by atoms with E-state index in [1.807, 2.05) is 6.92 Å². The molecule has 0 bridgehead atoms. The SMILES string of the molecule is CCNC(c1c(F)ccc(Br)c1F)C1CCC(CC)C1. The van der Waals surface area contributed by atoms with Crippen LogP contribution >= 0.6 is 15.9 Å². The van der Waals surface area contributed by atoms with Gasteiger partial charge in [-0.1, -0.05) is 26.7 Å². The predicted octanol–water partition coefficient (Wildman–Crippen LogP) is 5.20. The van der Waals surface area contributed by atoms with Gasteiger partial charge >= 0.3 is 0 Å². The molecule has 2 rings (SSSR count). The lowest BCUT2D eigenvalue weighted by Gasteiger charge is -2.26. The zero-order valence-electron chi connectivity index (χ0n) is 12.1. The quantitative estimate of drug-likeness (QED) is 0.722. The zero-order valence-corrected chi connectivity index (χ0v) is 13.6. The number of nitrogens with one attached hydrogen (secondary N) is 1. The minimum Gasteiger partial charge on any atom is -0.310 e. The van der Waals surface area contributed by atoms with Crippen LogP contribution in [0.15, 0.2) is 16.6 Å². The van der Waals surface area contributed by atoms with Gasteiger partial charge < -0.3 is 5.32 Å². The van der Waals surface area contributed by atoms with Crippen molar-refractivity contribution in [3.63, 3.8) is 0 Å². The molecule has 1 N–H and O–H groups in total. The number of hydrogen-bond acceptors (Lipinski definition) is 1. The summed E-state index contributed by atoms with van der Waals surface area (Å²) in [6.45, 7) is 4.88. The van der Waals surface area contributed by atoms with Crippen LogP contribution in [0.1, 0.15) is 51.1 Å². The fraction of sp³-hybridized carbons (Fsp3) is 0.625. The van der Waals surface area contributed by atoms with Gasteiger partial charge in [-0.2, -0.15) is 0 Å². The Morgan fingerprint density at radius 3 is 2.65 bits per heavy atom. The fourth-order valence-electron chi connectivity index (χ4n) is 3.34. The van der Waals surface area contributed by atoms with E-state index in [9.17, 15) is 8.78 Å². The van der Waals surface area contributed by atoms with Crippen LogP contribution < -0.4 is 5.32 Å². The maximum atomic E-state index is 14.3. The van der Waals surface area contributed by atoms with Crippen LogP contribution in [-0.4, -0.2) is 6.54 Å². The molecule has 1 saturated carbocycles. The van der Waals surface area contributed by atoms with Crippen molar-refractivity contribution in [2.45, 2.75) is 45.6 Å². The highest BCUT2D eigenvalue weighted by molar-refractivity contribution is 9.10. The molecule has 0 heterocycles. The normalized spacial score (nSPS) is 24.1. The molecule has 0 saturated heterocycles. The second kappa shape index (κ2) is 6.99. The van der Waals surface area contributed by atoms with E-state index in [1.165, 1.54) is 18.6 Å². The molecule has 1 fully saturated rings. The summed E-state index contributed by atoms with van der Waals surface area (Å²) in [6, 6.07) is 2.55. The van der Waals surface area contributed by atoms with Gasteiger partial charge in [-0.05, 0) is 59.3 Å². The van der Waals surface area contributed by atoms with Crippen molar-refractivity contribution in [2.24, 2.45) is 11.8 Å². The van der Waals surface area contributed by atoms with Crippen molar-refractivity contribution in [3.8, 4) is 0 Å². The third-order valence-corrected chi connectivity index (χ3v) is 5.06. The first-order valence-electron chi connectivity index (χ1n) is 7.45. The molecule has 1 aromatic rings. The molecular weight excluding hydrogens is 324 g/mol. The third kappa shape index (κ3) is 3.22. The second-order valence-electron chi connectivity index (χ2n) is 5.64. The summed E-state index contributed by atoms with van der Waals surface area (Å²) >= 11 is 3.16. The molecule has 0 aromatic heterocycles. The van der Waals surface area contributed by atoms with Gasteiger partial charge in [-0.15, -0.1) is 0 Å². The minimum absolute atomic E-state index is 0.197. The van der Waals surface area contributed by atoms with E-state index in [-0.39, 0.29) is 11.6 Å². The first kappa shape index (κ1) is 15.9. The average molecular weight is 346 g/mol. The average Bonchev–Trinajstić information content (AvgIpc) is 2.91. The van der Waals surface area contributed by atoms with Gasteiger partial charge in [0.15, 0.2) is 0 Å². The molecule has 0 radical (unpaired) electrons. The molecule has 1 aromatic carbocycles. The van der Waals surface area contributed by atoms with Gasteiger partial charge in [0, 0.05) is 11.6 Å². The smallest absolute Gasteiger partial charge is 0.145 e. The summed E-state index contributed by atoms with van der Waals surface area (Å²) in [4.78, 5) is 0. The van der Waals surface area contributed by atoms with Crippen LogP contribution in [0.25, 0.3) is 0 Å². The molecule has 3 unspecified atom stereocenters. The molecule has 20 heavy (non-hydrogen) atoms. The van der Waals surface area contributed by atoms with Crippen LogP contribution in [0.5, 0.6) is 0 Å². The van der Waals surface area contributed by atoms with Gasteiger partial charge in [0.2, 0.25) is 0 Å². The summed E-state index contributed by atoms with van der Waals surface area (Å²) in [5.74, 6) is 0.102. The number of benzene rings is 1. The van der Waals surface area contributed by atoms with Crippen molar-refractivity contribution in [3.05, 3.63) is 33.8 Å². The summed E-state index contributed by atoms with van der Waals surface area (Å²) in [5, 5.41) is 3.29. The van der Waals surface area contributed by atoms with Crippen LogP contribution in [-0.2, 0) is 0 Å². The first-order chi connectivity index (χ1) is 9.58. The van der Waals surface area contributed by atoms with Crippen LogP contribution in [0, 0.1) is 23.5 Å². The molecule has 1 aliphatic rings. The lowest BCUT2D eigenvalue weighted by atomic mass is 9.89. The first-order valence-corrected chi connectivity index (χ1v) is 8.24. The van der Waals surface area contributed by atoms with Crippen molar-refractivity contribution in [1.82, 2.24) is 5.32 Å². The molecule has 0 amide bonds. The second-order valence-corrected chi connectivity index (χ2v) is 6.49. The van der Waals surface area contributed by atoms with E-state index in [0.29, 0.717) is 22.9 Å². The Balaban J connectivity index is 2.32. The highest BCUT2D eigenvalue weighted by atomic mass is 79.9. The Hall–Kier alpha value is -0.480. The Labute approximate surface area is 128 Å². The molecule has 3 atom stereocenters. The van der Waals surface area contributed by atoms with Crippen molar-refractivity contribution in [2.75, 3.05) is 6.54 Å². The maximum Gasteiger partial charge on any atom is 0.145 e. The topological polar surface area (TPSA) is 12.0 Å².